The van der Waals surface area contributed by atoms with Crippen molar-refractivity contribution in [2.24, 2.45) is 0 Å². The molecule has 3 rings (SSSR count). The van der Waals surface area contributed by atoms with Gasteiger partial charge < -0.3 is 0 Å². The van der Waals surface area contributed by atoms with Gasteiger partial charge in [-0.2, -0.15) is 4.67 Å². The summed E-state index contributed by atoms with van der Waals surface area (Å²) in [6, 6.07) is 12.3. The molecule has 2 nitrogen and oxygen atoms in total. The first-order valence-electron chi connectivity index (χ1n) is 4.85. The number of aromatic nitrogens is 1. The van der Waals surface area contributed by atoms with Crippen molar-refractivity contribution in [3.63, 3.8) is 0 Å². The van der Waals surface area contributed by atoms with E-state index in [-0.39, 0.29) is 0 Å². The van der Waals surface area contributed by atoms with Gasteiger partial charge in [0.1, 0.15) is 5.69 Å². The van der Waals surface area contributed by atoms with Crippen LogP contribution in [0.5, 0.6) is 0 Å². The summed E-state index contributed by atoms with van der Waals surface area (Å²) in [5.74, 6) is 2.82. The van der Waals surface area contributed by atoms with E-state index in [2.05, 4.69) is 33.7 Å². The standard InChI is InChI=1S/C13H8N2/c1-2-5-10(6-3-1)12-9-11-7-4-8-14-13(11)15-12/h1-7,9H/p+1. The zero-order chi connectivity index (χ0) is 10.1. The molecule has 1 aliphatic heterocycles. The van der Waals surface area contributed by atoms with Crippen LogP contribution < -0.4 is 15.4 Å². The first-order chi connectivity index (χ1) is 7.43. The molecule has 15 heavy (non-hydrogen) atoms. The van der Waals surface area contributed by atoms with Crippen LogP contribution in [0.25, 0.3) is 17.3 Å². The van der Waals surface area contributed by atoms with Crippen molar-refractivity contribution in [2.45, 2.75) is 0 Å². The third kappa shape index (κ3) is 1.35. The molecule has 0 fully saturated rings. The van der Waals surface area contributed by atoms with Crippen LogP contribution in [0.4, 0.5) is 0 Å². The average Bonchev–Trinajstić information content (AvgIpc) is 2.74. The molecule has 2 heteroatoms. The number of hydrogen-bond acceptors (Lipinski definition) is 0. The van der Waals surface area contributed by atoms with Gasteiger partial charge >= 0.3 is 5.49 Å². The highest BCUT2D eigenvalue weighted by Gasteiger charge is 2.07. The lowest BCUT2D eigenvalue weighted by Gasteiger charge is -1.90. The Morgan fingerprint density at radius 2 is 2.00 bits per heavy atom. The molecule has 0 amide bonds. The second-order valence-electron chi connectivity index (χ2n) is 3.43. The summed E-state index contributed by atoms with van der Waals surface area (Å²) in [4.78, 5) is 3.27. The minimum absolute atomic E-state index is 0.886. The molecule has 0 atom stereocenters. The Hall–Kier alpha value is -2.27. The molecule has 70 valence electrons. The SMILES string of the molecule is C1=CC=c2cc(-c3ccccc3)[nH]c2=[N+]=1. The van der Waals surface area contributed by atoms with E-state index in [0.717, 1.165) is 16.4 Å². The Kier molecular flexibility index (Phi) is 1.69. The van der Waals surface area contributed by atoms with Crippen LogP contribution in [0.2, 0.25) is 0 Å². The molecule has 1 aromatic carbocycles. The Morgan fingerprint density at radius 1 is 1.13 bits per heavy atom. The van der Waals surface area contributed by atoms with Gasteiger partial charge in [0, 0.05) is 17.7 Å². The monoisotopic (exact) mass is 193 g/mol. The van der Waals surface area contributed by atoms with E-state index in [0.29, 0.717) is 0 Å². The minimum atomic E-state index is 0.886. The fraction of sp³-hybridized carbons (Fsp3) is 0. The number of allylic oxidation sites excluding steroid dienone is 1. The minimum Gasteiger partial charge on any atom is -0.225 e. The predicted molar refractivity (Wildman–Crippen MR) is 60.8 cm³/mol. The van der Waals surface area contributed by atoms with Gasteiger partial charge in [0.05, 0.1) is 5.22 Å². The molecule has 0 aliphatic carbocycles. The van der Waals surface area contributed by atoms with E-state index in [1.165, 1.54) is 5.56 Å². The van der Waals surface area contributed by atoms with Crippen molar-refractivity contribution >= 4 is 11.9 Å². The summed E-state index contributed by atoms with van der Waals surface area (Å²) >= 11 is 0. The third-order valence-corrected chi connectivity index (χ3v) is 2.42. The largest absolute Gasteiger partial charge is 0.391 e. The third-order valence-electron chi connectivity index (χ3n) is 2.42. The molecule has 2 heterocycles. The maximum Gasteiger partial charge on any atom is 0.391 e. The van der Waals surface area contributed by atoms with Gasteiger partial charge in [0.2, 0.25) is 0 Å². The van der Waals surface area contributed by atoms with Gasteiger partial charge in [0.15, 0.2) is 5.87 Å². The average molecular weight is 193 g/mol. The summed E-state index contributed by atoms with van der Waals surface area (Å²) in [6.07, 6.45) is 3.83. The van der Waals surface area contributed by atoms with Crippen LogP contribution in [-0.4, -0.2) is 10.9 Å². The van der Waals surface area contributed by atoms with Crippen molar-refractivity contribution in [2.75, 3.05) is 0 Å². The molecule has 1 N–H and O–H groups in total. The molecular weight excluding hydrogens is 184 g/mol. The van der Waals surface area contributed by atoms with E-state index in [9.17, 15) is 0 Å². The number of benzene rings is 1. The Balaban J connectivity index is 2.27. The Labute approximate surface area is 86.6 Å². The van der Waals surface area contributed by atoms with Crippen molar-refractivity contribution in [1.29, 1.82) is 0 Å². The molecule has 2 aromatic rings. The van der Waals surface area contributed by atoms with E-state index in [1.807, 2.05) is 30.4 Å². The van der Waals surface area contributed by atoms with Gasteiger partial charge in [0.25, 0.3) is 0 Å². The molecule has 0 unspecified atom stereocenters. The fourth-order valence-corrected chi connectivity index (χ4v) is 1.68. The van der Waals surface area contributed by atoms with Gasteiger partial charge in [-0.15, -0.1) is 0 Å². The summed E-state index contributed by atoms with van der Waals surface area (Å²) in [7, 11) is 0. The summed E-state index contributed by atoms with van der Waals surface area (Å²) in [5, 5.41) is 1.12. The second kappa shape index (κ2) is 3.14. The lowest BCUT2D eigenvalue weighted by molar-refractivity contribution is 1.19. The second-order valence-corrected chi connectivity index (χ2v) is 3.43. The Bertz CT molecular complexity index is 680. The lowest BCUT2D eigenvalue weighted by Crippen LogP contribution is -2.26. The number of H-pyrrole nitrogens is 1. The molecule has 0 bridgehead atoms. The molecule has 0 radical (unpaired) electrons. The van der Waals surface area contributed by atoms with Crippen molar-refractivity contribution in [1.82, 2.24) is 9.65 Å². The van der Waals surface area contributed by atoms with Crippen LogP contribution in [0.1, 0.15) is 0 Å². The number of hydrogen-bond donors (Lipinski definition) is 1. The summed E-state index contributed by atoms with van der Waals surface area (Å²) in [5.41, 5.74) is 3.16. The summed E-state index contributed by atoms with van der Waals surface area (Å²) < 4.78 is 4.15. The maximum atomic E-state index is 4.15. The first-order valence-corrected chi connectivity index (χ1v) is 4.85. The number of rotatable bonds is 1. The van der Waals surface area contributed by atoms with Gasteiger partial charge in [-0.25, -0.2) is 4.98 Å². The van der Waals surface area contributed by atoms with Crippen molar-refractivity contribution in [3.05, 3.63) is 53.2 Å². The highest BCUT2D eigenvalue weighted by molar-refractivity contribution is 5.66. The van der Waals surface area contributed by atoms with E-state index in [1.54, 1.807) is 0 Å². The smallest absolute Gasteiger partial charge is 0.225 e. The number of nitrogens with one attached hydrogen (secondary N) is 1. The van der Waals surface area contributed by atoms with Crippen LogP contribution in [-0.2, 0) is 0 Å². The molecule has 1 aromatic heterocycles. The number of nitrogens with zero attached hydrogens (tertiary/aromatic N) is 1. The zero-order valence-electron chi connectivity index (χ0n) is 8.07. The van der Waals surface area contributed by atoms with E-state index < -0.39 is 0 Å². The lowest BCUT2D eigenvalue weighted by atomic mass is 10.1. The molecule has 0 saturated heterocycles. The van der Waals surface area contributed by atoms with E-state index >= 15 is 0 Å². The van der Waals surface area contributed by atoms with Crippen LogP contribution >= 0.6 is 0 Å². The topological polar surface area (TPSA) is 29.9 Å². The number of aromatic amines is 1. The van der Waals surface area contributed by atoms with Gasteiger partial charge in [-0.3, -0.25) is 0 Å². The van der Waals surface area contributed by atoms with Crippen molar-refractivity contribution in [3.8, 4) is 11.3 Å². The predicted octanol–water partition coefficient (Wildman–Crippen LogP) is 0.388. The number of fused-ring (bicyclic) bond motifs is 1. The molecule has 1 aliphatic rings. The highest BCUT2D eigenvalue weighted by Crippen LogP contribution is 2.12. The highest BCUT2D eigenvalue weighted by atomic mass is 14.8. The normalized spacial score (nSPS) is 11.7. The summed E-state index contributed by atoms with van der Waals surface area (Å²) in [6.45, 7) is 0. The van der Waals surface area contributed by atoms with Gasteiger partial charge in [-0.05, 0) is 6.08 Å². The fourth-order valence-electron chi connectivity index (χ4n) is 1.68. The molecule has 0 spiro atoms. The van der Waals surface area contributed by atoms with Crippen LogP contribution in [0.15, 0.2) is 42.5 Å². The van der Waals surface area contributed by atoms with Gasteiger partial charge in [-0.1, -0.05) is 30.3 Å². The molecule has 0 saturated carbocycles. The van der Waals surface area contributed by atoms with Crippen LogP contribution in [0, 0.1) is 0 Å². The maximum absolute atomic E-state index is 4.15. The molecular formula is C13H9N2+. The van der Waals surface area contributed by atoms with Crippen LogP contribution in [0.3, 0.4) is 0 Å². The zero-order valence-corrected chi connectivity index (χ0v) is 8.07. The Morgan fingerprint density at radius 3 is 2.80 bits per heavy atom. The van der Waals surface area contributed by atoms with E-state index in [4.69, 9.17) is 0 Å². The van der Waals surface area contributed by atoms with Crippen molar-refractivity contribution < 1.29 is 0 Å². The first kappa shape index (κ1) is 8.07. The quantitative estimate of drug-likeness (QED) is 0.635.